The van der Waals surface area contributed by atoms with E-state index in [0.717, 1.165) is 29.8 Å². The molecule has 3 aromatic rings. The first kappa shape index (κ1) is 27.0. The topological polar surface area (TPSA) is 98.1 Å². The Hall–Kier alpha value is -4.17. The number of nitrogens with zero attached hydrogens (tertiary/aromatic N) is 1. The molecule has 3 atom stereocenters. The van der Waals surface area contributed by atoms with E-state index in [1.165, 1.54) is 6.26 Å². The lowest BCUT2D eigenvalue weighted by Crippen LogP contribution is -2.38. The summed E-state index contributed by atoms with van der Waals surface area (Å²) in [5, 5.41) is 3.76. The van der Waals surface area contributed by atoms with Crippen molar-refractivity contribution in [3.63, 3.8) is 0 Å². The summed E-state index contributed by atoms with van der Waals surface area (Å²) in [6, 6.07) is 15.2. The van der Waals surface area contributed by atoms with Gasteiger partial charge in [-0.25, -0.2) is 4.79 Å². The van der Waals surface area contributed by atoms with Crippen LogP contribution in [-0.4, -0.2) is 45.2 Å². The fraction of sp³-hybridized carbons (Fsp3) is 0.364. The van der Waals surface area contributed by atoms with E-state index in [9.17, 15) is 14.4 Å². The number of dihydropyridines is 1. The van der Waals surface area contributed by atoms with Gasteiger partial charge in [-0.15, -0.1) is 0 Å². The van der Waals surface area contributed by atoms with Gasteiger partial charge in [-0.05, 0) is 61.9 Å². The molecular formula is C33H34N2O6. The lowest BCUT2D eigenvalue weighted by atomic mass is 9.72. The molecule has 3 aliphatic rings. The van der Waals surface area contributed by atoms with E-state index in [4.69, 9.17) is 13.9 Å². The molecule has 0 spiro atoms. The van der Waals surface area contributed by atoms with E-state index in [-0.39, 0.29) is 47.4 Å². The standard InChI is InChI=1S/C33H34N2O6/c1-19-29(33(38)41-17-23-7-6-14-39-23)30(25-18-40-28-9-5-4-8-24(28)32(25)37)31-26(34-19)15-21(16-27(31)36)20-10-12-22(13-11-20)35(2)3/h4-5,8-13,18,21,23,30,34H,6-7,14-17H2,1-3H3/t21-,23-,30+/m1/s1. The highest BCUT2D eigenvalue weighted by Gasteiger charge is 2.43. The normalized spacial score (nSPS) is 22.5. The third-order valence-corrected chi connectivity index (χ3v) is 8.37. The molecule has 41 heavy (non-hydrogen) atoms. The van der Waals surface area contributed by atoms with Crippen LogP contribution in [0, 0.1) is 0 Å². The van der Waals surface area contributed by atoms with Crippen molar-refractivity contribution in [3.05, 3.63) is 98.7 Å². The molecule has 8 heteroatoms. The minimum Gasteiger partial charge on any atom is -0.464 e. The number of nitrogens with one attached hydrogen (secondary N) is 1. The first-order valence-corrected chi connectivity index (χ1v) is 14.1. The van der Waals surface area contributed by atoms with E-state index in [1.54, 1.807) is 31.2 Å². The van der Waals surface area contributed by atoms with Crippen molar-refractivity contribution in [1.29, 1.82) is 0 Å². The molecule has 0 unspecified atom stereocenters. The van der Waals surface area contributed by atoms with Gasteiger partial charge in [0.25, 0.3) is 0 Å². The lowest BCUT2D eigenvalue weighted by molar-refractivity contribution is -0.142. The number of Topliss-reactive ketones (excluding diaryl/α,β-unsaturated/α-hetero) is 1. The molecule has 1 N–H and O–H groups in total. The van der Waals surface area contributed by atoms with Crippen LogP contribution in [0.1, 0.15) is 55.6 Å². The highest BCUT2D eigenvalue weighted by molar-refractivity contribution is 6.04. The van der Waals surface area contributed by atoms with Gasteiger partial charge in [-0.3, -0.25) is 9.59 Å². The number of fused-ring (bicyclic) bond motifs is 1. The second kappa shape index (κ2) is 11.0. The summed E-state index contributed by atoms with van der Waals surface area (Å²) < 4.78 is 17.2. The van der Waals surface area contributed by atoms with Crippen LogP contribution < -0.4 is 15.6 Å². The minimum absolute atomic E-state index is 0.0283. The Kier molecular flexibility index (Phi) is 7.26. The van der Waals surface area contributed by atoms with E-state index in [2.05, 4.69) is 29.6 Å². The Balaban J connectivity index is 1.41. The molecular weight excluding hydrogens is 520 g/mol. The maximum atomic E-state index is 14.0. The second-order valence-corrected chi connectivity index (χ2v) is 11.3. The quantitative estimate of drug-likeness (QED) is 0.428. The summed E-state index contributed by atoms with van der Waals surface area (Å²) in [4.78, 5) is 43.4. The van der Waals surface area contributed by atoms with E-state index in [1.807, 2.05) is 19.0 Å². The zero-order valence-corrected chi connectivity index (χ0v) is 23.6. The van der Waals surface area contributed by atoms with Crippen LogP contribution in [0.4, 0.5) is 5.69 Å². The largest absolute Gasteiger partial charge is 0.464 e. The molecule has 1 aliphatic carbocycles. The van der Waals surface area contributed by atoms with Crippen molar-refractivity contribution in [3.8, 4) is 0 Å². The molecule has 0 amide bonds. The number of carbonyl (C=O) groups excluding carboxylic acids is 2. The third kappa shape index (κ3) is 5.08. The van der Waals surface area contributed by atoms with E-state index < -0.39 is 11.9 Å². The predicted molar refractivity (Wildman–Crippen MR) is 156 cm³/mol. The zero-order chi connectivity index (χ0) is 28.7. The number of ketones is 1. The van der Waals surface area contributed by atoms with Crippen LogP contribution in [0.3, 0.4) is 0 Å². The fourth-order valence-electron chi connectivity index (χ4n) is 6.22. The average Bonchev–Trinajstić information content (AvgIpc) is 3.49. The first-order valence-electron chi connectivity index (χ1n) is 14.1. The van der Waals surface area contributed by atoms with Gasteiger partial charge in [0.2, 0.25) is 0 Å². The Bertz CT molecular complexity index is 1630. The lowest BCUT2D eigenvalue weighted by Gasteiger charge is -2.36. The Morgan fingerprint density at radius 3 is 2.59 bits per heavy atom. The number of benzene rings is 2. The number of carbonyl (C=O) groups is 2. The SMILES string of the molecule is CC1=C(C(=O)OC[C@H]2CCCO2)[C@H](c2coc3ccccc3c2=O)C2=C(C[C@@H](c3ccc(N(C)C)cc3)CC2=O)N1. The molecule has 0 saturated carbocycles. The van der Waals surface area contributed by atoms with Crippen LogP contribution in [-0.2, 0) is 19.1 Å². The average molecular weight is 555 g/mol. The molecule has 0 radical (unpaired) electrons. The molecule has 3 heterocycles. The fourth-order valence-corrected chi connectivity index (χ4v) is 6.22. The third-order valence-electron chi connectivity index (χ3n) is 8.37. The van der Waals surface area contributed by atoms with Crippen LogP contribution in [0.5, 0.6) is 0 Å². The van der Waals surface area contributed by atoms with Gasteiger partial charge < -0.3 is 24.1 Å². The summed E-state index contributed by atoms with van der Waals surface area (Å²) in [6.07, 6.45) is 3.85. The second-order valence-electron chi connectivity index (χ2n) is 11.3. The number of para-hydroxylation sites is 1. The Labute approximate surface area is 238 Å². The minimum atomic E-state index is -0.895. The van der Waals surface area contributed by atoms with Crippen LogP contribution in [0.25, 0.3) is 11.0 Å². The highest BCUT2D eigenvalue weighted by atomic mass is 16.6. The summed E-state index contributed by atoms with van der Waals surface area (Å²) >= 11 is 0. The molecule has 0 bridgehead atoms. The van der Waals surface area contributed by atoms with Gasteiger partial charge >= 0.3 is 5.97 Å². The number of allylic oxidation sites excluding steroid dienone is 3. The Morgan fingerprint density at radius 2 is 1.85 bits per heavy atom. The van der Waals surface area contributed by atoms with Crippen molar-refractivity contribution in [1.82, 2.24) is 5.32 Å². The van der Waals surface area contributed by atoms with Gasteiger partial charge in [-0.1, -0.05) is 24.3 Å². The van der Waals surface area contributed by atoms with Gasteiger partial charge in [0, 0.05) is 55.3 Å². The predicted octanol–water partition coefficient (Wildman–Crippen LogP) is 4.94. The van der Waals surface area contributed by atoms with E-state index in [0.29, 0.717) is 35.3 Å². The molecule has 2 aliphatic heterocycles. The van der Waals surface area contributed by atoms with Crippen LogP contribution >= 0.6 is 0 Å². The van der Waals surface area contributed by atoms with Crippen molar-refractivity contribution in [2.24, 2.45) is 0 Å². The van der Waals surface area contributed by atoms with Gasteiger partial charge in [0.1, 0.15) is 12.2 Å². The van der Waals surface area contributed by atoms with Crippen molar-refractivity contribution < 1.29 is 23.5 Å². The number of rotatable bonds is 6. The molecule has 8 nitrogen and oxygen atoms in total. The van der Waals surface area contributed by atoms with Crippen LogP contribution in [0.2, 0.25) is 0 Å². The number of hydrogen-bond donors (Lipinski definition) is 1. The van der Waals surface area contributed by atoms with Gasteiger partial charge in [-0.2, -0.15) is 0 Å². The number of anilines is 1. The molecule has 6 rings (SSSR count). The smallest absolute Gasteiger partial charge is 0.336 e. The maximum Gasteiger partial charge on any atom is 0.336 e. The Morgan fingerprint density at radius 1 is 1.07 bits per heavy atom. The molecule has 1 saturated heterocycles. The molecule has 212 valence electrons. The number of ether oxygens (including phenoxy) is 2. The summed E-state index contributed by atoms with van der Waals surface area (Å²) in [5.74, 6) is -1.59. The molecule has 1 aromatic heterocycles. The van der Waals surface area contributed by atoms with Crippen molar-refractivity contribution in [2.75, 3.05) is 32.2 Å². The van der Waals surface area contributed by atoms with E-state index >= 15 is 0 Å². The van der Waals surface area contributed by atoms with Crippen LogP contribution in [0.15, 0.2) is 86.5 Å². The van der Waals surface area contributed by atoms with Crippen molar-refractivity contribution in [2.45, 2.75) is 50.5 Å². The number of esters is 1. The maximum absolute atomic E-state index is 14.0. The summed E-state index contributed by atoms with van der Waals surface area (Å²) in [5.41, 5.74) is 4.57. The number of hydrogen-bond acceptors (Lipinski definition) is 8. The summed E-state index contributed by atoms with van der Waals surface area (Å²) in [6.45, 7) is 2.57. The summed E-state index contributed by atoms with van der Waals surface area (Å²) in [7, 11) is 3.98. The monoisotopic (exact) mass is 554 g/mol. The van der Waals surface area contributed by atoms with Crippen molar-refractivity contribution >= 4 is 28.4 Å². The van der Waals surface area contributed by atoms with Gasteiger partial charge in [0.15, 0.2) is 11.2 Å². The first-order chi connectivity index (χ1) is 19.8. The molecule has 2 aromatic carbocycles. The van der Waals surface area contributed by atoms with Gasteiger partial charge in [0.05, 0.1) is 29.2 Å². The molecule has 1 fully saturated rings. The highest BCUT2D eigenvalue weighted by Crippen LogP contribution is 2.45. The zero-order valence-electron chi connectivity index (χ0n) is 23.6.